The number of carbonyl (C=O) groups excluding carboxylic acids is 1. The van der Waals surface area contributed by atoms with Crippen molar-refractivity contribution in [2.45, 2.75) is 155 Å². The molecular weight excluding hydrogens is 683 g/mol. The maximum absolute atomic E-state index is 13.2. The minimum absolute atomic E-state index is 0.0299. The van der Waals surface area contributed by atoms with Crippen molar-refractivity contribution in [3.05, 3.63) is 65.8 Å². The van der Waals surface area contributed by atoms with Crippen molar-refractivity contribution in [1.82, 2.24) is 0 Å². The number of benzene rings is 1. The van der Waals surface area contributed by atoms with Gasteiger partial charge in [0.25, 0.3) is 0 Å². The highest BCUT2D eigenvalue weighted by atomic mass is 28.4. The molecular formula is C43H73NO6Si2. The van der Waals surface area contributed by atoms with Gasteiger partial charge in [0.1, 0.15) is 11.5 Å². The third kappa shape index (κ3) is 12.0. The Bertz CT molecular complexity index is 1380. The van der Waals surface area contributed by atoms with Crippen LogP contribution in [0.5, 0.6) is 11.5 Å². The number of amides is 1. The molecule has 7 nitrogen and oxygen atoms in total. The van der Waals surface area contributed by atoms with Crippen molar-refractivity contribution < 1.29 is 27.9 Å². The van der Waals surface area contributed by atoms with Crippen molar-refractivity contribution in [3.63, 3.8) is 0 Å². The third-order valence-corrected chi connectivity index (χ3v) is 22.0. The maximum Gasteiger partial charge on any atom is 0.227 e. The van der Waals surface area contributed by atoms with E-state index in [0.29, 0.717) is 40.2 Å². The SMILES string of the molecule is COc1cc2c(OC)c(c1)NC(=O)C[C@@H](OC)\C=C/C=C\C=C/C[C@H](O[Si](C)(C)C(C)(C)C)[C@H](C)[C@@H](O[Si](C(C)C)(C(C)C)C(C)C)C(C)=CCC2. The second kappa shape index (κ2) is 20.3. The first-order valence-electron chi connectivity index (χ1n) is 19.3. The molecule has 4 atom stereocenters. The Hall–Kier alpha value is -2.44. The zero-order chi connectivity index (χ0) is 39.4. The highest BCUT2D eigenvalue weighted by Gasteiger charge is 2.49. The quantitative estimate of drug-likeness (QED) is 0.189. The summed E-state index contributed by atoms with van der Waals surface area (Å²) >= 11 is 0. The number of hydrogen-bond acceptors (Lipinski definition) is 6. The van der Waals surface area contributed by atoms with E-state index < -0.39 is 16.6 Å². The van der Waals surface area contributed by atoms with Crippen LogP contribution in [0.3, 0.4) is 0 Å². The van der Waals surface area contributed by atoms with Crippen LogP contribution < -0.4 is 14.8 Å². The molecule has 0 aromatic heterocycles. The summed E-state index contributed by atoms with van der Waals surface area (Å²) in [5.74, 6) is 1.23. The van der Waals surface area contributed by atoms with Crippen molar-refractivity contribution in [2.24, 2.45) is 5.92 Å². The minimum Gasteiger partial charge on any atom is -0.497 e. The largest absolute Gasteiger partial charge is 0.497 e. The number of ether oxygens (including phenoxy) is 3. The summed E-state index contributed by atoms with van der Waals surface area (Å²) in [6.45, 7) is 30.4. The zero-order valence-electron chi connectivity index (χ0n) is 35.5. The molecule has 2 rings (SSSR count). The zero-order valence-corrected chi connectivity index (χ0v) is 37.5. The smallest absolute Gasteiger partial charge is 0.227 e. The van der Waals surface area contributed by atoms with Crippen molar-refractivity contribution in [3.8, 4) is 11.5 Å². The fraction of sp³-hybridized carbons (Fsp3) is 0.651. The standard InChI is InChI=1S/C43H73NO6Si2/c1-30(2)52(31(3)4,32(5)6)50-41-33(7)23-22-24-35-27-37(47-13)28-38(42(35)48-14)44-40(45)29-36(46-12)25-20-18-17-19-21-26-39(34(41)8)49-51(15,16)43(9,10)11/h17-21,23,25,27-28,30-32,34,36,39,41H,22,24,26,29H2,1-16H3,(H,44,45)/b18-17-,21-19-,25-20-,33-23?/t34-,36-,39-,41-/m0/s1. The summed E-state index contributed by atoms with van der Waals surface area (Å²) in [5.41, 5.74) is 4.12. The van der Waals surface area contributed by atoms with Gasteiger partial charge in [0.2, 0.25) is 14.2 Å². The van der Waals surface area contributed by atoms with Gasteiger partial charge in [0.05, 0.1) is 44.6 Å². The Kier molecular flexibility index (Phi) is 17.9. The van der Waals surface area contributed by atoms with Crippen molar-refractivity contribution in [1.29, 1.82) is 0 Å². The monoisotopic (exact) mass is 755 g/mol. The lowest BCUT2D eigenvalue weighted by atomic mass is 9.90. The van der Waals surface area contributed by atoms with E-state index in [1.807, 2.05) is 36.4 Å². The third-order valence-electron chi connectivity index (χ3n) is 11.4. The molecule has 52 heavy (non-hydrogen) atoms. The van der Waals surface area contributed by atoms with Gasteiger partial charge in [-0.15, -0.1) is 0 Å². The lowest BCUT2D eigenvalue weighted by molar-refractivity contribution is -0.117. The molecule has 9 heteroatoms. The van der Waals surface area contributed by atoms with Crippen LogP contribution in [0.1, 0.15) is 101 Å². The van der Waals surface area contributed by atoms with Gasteiger partial charge >= 0.3 is 0 Å². The number of methoxy groups -OCH3 is 3. The van der Waals surface area contributed by atoms with Gasteiger partial charge in [-0.1, -0.05) is 112 Å². The highest BCUT2D eigenvalue weighted by molar-refractivity contribution is 6.77. The molecule has 1 amide bonds. The number of carbonyl (C=O) groups is 1. The molecule has 0 fully saturated rings. The molecule has 0 saturated heterocycles. The highest BCUT2D eigenvalue weighted by Crippen LogP contribution is 2.46. The second-order valence-corrected chi connectivity index (χ2v) is 27.1. The van der Waals surface area contributed by atoms with E-state index in [1.165, 1.54) is 5.57 Å². The van der Waals surface area contributed by atoms with Crippen LogP contribution in [0.4, 0.5) is 5.69 Å². The Labute approximate surface area is 319 Å². The summed E-state index contributed by atoms with van der Waals surface area (Å²) in [6, 6.07) is 3.81. The molecule has 1 aromatic carbocycles. The average Bonchev–Trinajstić information content (AvgIpc) is 3.05. The maximum atomic E-state index is 13.2. The normalized spacial score (nSPS) is 23.8. The van der Waals surface area contributed by atoms with Gasteiger partial charge in [0, 0.05) is 24.7 Å². The fourth-order valence-electron chi connectivity index (χ4n) is 7.45. The lowest BCUT2D eigenvalue weighted by Crippen LogP contribution is -2.54. The summed E-state index contributed by atoms with van der Waals surface area (Å²) in [4.78, 5) is 13.2. The van der Waals surface area contributed by atoms with E-state index in [-0.39, 0.29) is 41.6 Å². The molecule has 2 bridgehead atoms. The first-order chi connectivity index (χ1) is 24.2. The molecule has 0 saturated carbocycles. The fourth-order valence-corrected chi connectivity index (χ4v) is 14.5. The number of aryl methyl sites for hydroxylation is 1. The van der Waals surface area contributed by atoms with Crippen LogP contribution in [0.15, 0.2) is 60.2 Å². The molecule has 1 N–H and O–H groups in total. The number of allylic oxidation sites excluding steroid dienone is 5. The number of rotatable bonds is 10. The number of hydrogen-bond donors (Lipinski definition) is 1. The first kappa shape index (κ1) is 45.7. The van der Waals surface area contributed by atoms with Crippen LogP contribution in [0.25, 0.3) is 0 Å². The molecule has 0 spiro atoms. The number of anilines is 1. The van der Waals surface area contributed by atoms with E-state index in [9.17, 15) is 4.79 Å². The van der Waals surface area contributed by atoms with E-state index in [4.69, 9.17) is 23.1 Å². The lowest BCUT2D eigenvalue weighted by Gasteiger charge is -2.48. The number of fused-ring (bicyclic) bond motifs is 2. The Morgan fingerprint density at radius 2 is 1.48 bits per heavy atom. The average molecular weight is 756 g/mol. The predicted molar refractivity (Wildman–Crippen MR) is 225 cm³/mol. The van der Waals surface area contributed by atoms with Gasteiger partial charge in [0.15, 0.2) is 8.32 Å². The summed E-state index contributed by atoms with van der Waals surface area (Å²) in [6.07, 6.45) is 16.4. The van der Waals surface area contributed by atoms with Gasteiger partial charge in [-0.2, -0.15) is 0 Å². The van der Waals surface area contributed by atoms with E-state index in [0.717, 1.165) is 18.4 Å². The molecule has 294 valence electrons. The van der Waals surface area contributed by atoms with Gasteiger partial charge in [-0.05, 0) is 72.6 Å². The Morgan fingerprint density at radius 1 is 0.865 bits per heavy atom. The molecule has 1 aromatic rings. The number of nitrogens with one attached hydrogen (secondary N) is 1. The predicted octanol–water partition coefficient (Wildman–Crippen LogP) is 11.6. The summed E-state index contributed by atoms with van der Waals surface area (Å²) in [7, 11) is 0.494. The molecule has 1 aliphatic rings. The molecule has 1 heterocycles. The van der Waals surface area contributed by atoms with Crippen LogP contribution in [-0.2, 0) is 24.8 Å². The van der Waals surface area contributed by atoms with Crippen LogP contribution >= 0.6 is 0 Å². The van der Waals surface area contributed by atoms with E-state index in [2.05, 4.69) is 113 Å². The van der Waals surface area contributed by atoms with Crippen molar-refractivity contribution in [2.75, 3.05) is 26.6 Å². The van der Waals surface area contributed by atoms with Crippen LogP contribution in [-0.4, -0.2) is 62.2 Å². The first-order valence-corrected chi connectivity index (χ1v) is 24.4. The van der Waals surface area contributed by atoms with Crippen LogP contribution in [0, 0.1) is 5.92 Å². The van der Waals surface area contributed by atoms with Gasteiger partial charge in [-0.3, -0.25) is 4.79 Å². The Morgan fingerprint density at radius 3 is 2.02 bits per heavy atom. The van der Waals surface area contributed by atoms with Crippen LogP contribution in [0.2, 0.25) is 34.8 Å². The van der Waals surface area contributed by atoms with Crippen molar-refractivity contribution >= 4 is 28.2 Å². The van der Waals surface area contributed by atoms with Gasteiger partial charge in [-0.25, -0.2) is 0 Å². The molecule has 0 unspecified atom stereocenters. The van der Waals surface area contributed by atoms with E-state index >= 15 is 0 Å². The summed E-state index contributed by atoms with van der Waals surface area (Å²) in [5, 5.41) is 3.12. The second-order valence-electron chi connectivity index (χ2n) is 16.9. The van der Waals surface area contributed by atoms with E-state index in [1.54, 1.807) is 21.3 Å². The molecule has 0 radical (unpaired) electrons. The topological polar surface area (TPSA) is 75.3 Å². The summed E-state index contributed by atoms with van der Waals surface area (Å²) < 4.78 is 32.2. The molecule has 1 aliphatic heterocycles. The Balaban J connectivity index is 2.81. The molecule has 0 aliphatic carbocycles. The van der Waals surface area contributed by atoms with Gasteiger partial charge < -0.3 is 28.4 Å². The minimum atomic E-state index is -2.28.